The molecule has 0 N–H and O–H groups in total. The van der Waals surface area contributed by atoms with Gasteiger partial charge in [-0.15, -0.1) is 70.8 Å². The molecule has 7 nitrogen and oxygen atoms in total. The second-order valence-corrected chi connectivity index (χ2v) is 11.0. The molecule has 0 fully saturated rings. The fourth-order valence-corrected chi connectivity index (χ4v) is 5.52. The second kappa shape index (κ2) is 14.6. The number of hydrogen-bond acceptors (Lipinski definition) is 6. The summed E-state index contributed by atoms with van der Waals surface area (Å²) in [5.74, 6) is 2.75. The Morgan fingerprint density at radius 3 is 1.43 bits per heavy atom. The van der Waals surface area contributed by atoms with Crippen molar-refractivity contribution in [1.29, 1.82) is 0 Å². The molecule has 4 heterocycles. The number of benzene rings is 4. The third-order valence-electron chi connectivity index (χ3n) is 7.74. The van der Waals surface area contributed by atoms with E-state index >= 15 is 0 Å². The summed E-state index contributed by atoms with van der Waals surface area (Å²) < 4.78 is 14.7. The van der Waals surface area contributed by atoms with Gasteiger partial charge in [0, 0.05) is 47.8 Å². The predicted molar refractivity (Wildman–Crippen MR) is 181 cm³/mol. The van der Waals surface area contributed by atoms with Crippen molar-refractivity contribution in [1.82, 2.24) is 24.5 Å². The first-order valence-electron chi connectivity index (χ1n) is 15.1. The second-order valence-electron chi connectivity index (χ2n) is 11.0. The van der Waals surface area contributed by atoms with E-state index in [2.05, 4.69) is 56.3 Å². The Bertz CT molecular complexity index is 2240. The molecule has 0 aliphatic carbocycles. The number of hydrogen-bond donors (Lipinski definition) is 0. The Morgan fingerprint density at radius 1 is 0.510 bits per heavy atom. The average molecular weight is 821 g/mol. The topological polar surface area (TPSA) is 75.0 Å². The van der Waals surface area contributed by atoms with Crippen molar-refractivity contribution in [3.8, 4) is 51.5 Å². The van der Waals surface area contributed by atoms with Crippen LogP contribution in [0.4, 0.5) is 0 Å². The molecule has 0 saturated carbocycles. The van der Waals surface area contributed by atoms with Gasteiger partial charge in [0.05, 0.1) is 0 Å². The van der Waals surface area contributed by atoms with Gasteiger partial charge in [-0.2, -0.15) is 22.9 Å². The van der Waals surface area contributed by atoms with E-state index in [0.717, 1.165) is 55.4 Å². The summed E-state index contributed by atoms with van der Waals surface area (Å²) in [6.07, 6.45) is 6.96. The molecule has 8 rings (SSSR count). The number of aryl methyl sites for hydroxylation is 2. The van der Waals surface area contributed by atoms with Gasteiger partial charge < -0.3 is 24.0 Å². The van der Waals surface area contributed by atoms with Crippen LogP contribution >= 0.6 is 0 Å². The van der Waals surface area contributed by atoms with Gasteiger partial charge in [-0.3, -0.25) is 0 Å². The Hall–Kier alpha value is -5.02. The molecule has 0 amide bonds. The Balaban J connectivity index is 0.00000208. The van der Waals surface area contributed by atoms with Crippen molar-refractivity contribution in [3.63, 3.8) is 0 Å². The van der Waals surface area contributed by atoms with Crippen molar-refractivity contribution >= 4 is 21.8 Å². The molecular formula is C40H25N5O2Pd2. The zero-order chi connectivity index (χ0) is 31.7. The first-order valence-corrected chi connectivity index (χ1v) is 15.1. The molecule has 9 heteroatoms. The molecule has 0 aliphatic rings. The van der Waals surface area contributed by atoms with Gasteiger partial charge in [0.25, 0.3) is 0 Å². The third-order valence-corrected chi connectivity index (χ3v) is 7.74. The zero-order valence-electron chi connectivity index (χ0n) is 26.2. The summed E-state index contributed by atoms with van der Waals surface area (Å²) in [6, 6.07) is 42.8. The van der Waals surface area contributed by atoms with Crippen molar-refractivity contribution in [3.05, 3.63) is 151 Å². The summed E-state index contributed by atoms with van der Waals surface area (Å²) in [4.78, 5) is 18.1. The molecule has 49 heavy (non-hydrogen) atoms. The average Bonchev–Trinajstić information content (AvgIpc) is 3.41. The van der Waals surface area contributed by atoms with Gasteiger partial charge in [0.1, 0.15) is 0 Å². The van der Waals surface area contributed by atoms with E-state index in [-0.39, 0.29) is 40.8 Å². The minimum atomic E-state index is 0. The molecule has 4 aromatic heterocycles. The minimum absolute atomic E-state index is 0. The molecule has 0 atom stereocenters. The summed E-state index contributed by atoms with van der Waals surface area (Å²) in [5, 5.41) is 1.94. The monoisotopic (exact) mass is 819 g/mol. The fraction of sp³-hybridized carbons (Fsp3) is 0.0500. The molecule has 0 saturated heterocycles. The number of aromatic nitrogens is 5. The molecular weight excluding hydrogens is 795 g/mol. The van der Waals surface area contributed by atoms with Gasteiger partial charge in [0.2, 0.25) is 5.95 Å². The summed E-state index contributed by atoms with van der Waals surface area (Å²) >= 11 is 0. The van der Waals surface area contributed by atoms with Crippen molar-refractivity contribution in [2.45, 2.75) is 13.8 Å². The van der Waals surface area contributed by atoms with E-state index in [0.29, 0.717) is 28.9 Å². The van der Waals surface area contributed by atoms with Gasteiger partial charge in [0.15, 0.2) is 0 Å². The Morgan fingerprint density at radius 2 is 0.980 bits per heavy atom. The van der Waals surface area contributed by atoms with Crippen molar-refractivity contribution < 1.29 is 50.3 Å². The van der Waals surface area contributed by atoms with Crippen molar-refractivity contribution in [2.75, 3.05) is 0 Å². The maximum atomic E-state index is 6.40. The van der Waals surface area contributed by atoms with Crippen LogP contribution in [0.2, 0.25) is 0 Å². The maximum absolute atomic E-state index is 6.40. The first kappa shape index (κ1) is 33.9. The number of fused-ring (bicyclic) bond motifs is 3. The van der Waals surface area contributed by atoms with E-state index in [9.17, 15) is 0 Å². The predicted octanol–water partition coefficient (Wildman–Crippen LogP) is 9.09. The number of nitrogens with zero attached hydrogens (tertiary/aromatic N) is 5. The number of rotatable bonds is 7. The quantitative estimate of drug-likeness (QED) is 0.118. The Kier molecular flexibility index (Phi) is 10.1. The van der Waals surface area contributed by atoms with Crippen LogP contribution in [0.3, 0.4) is 0 Å². The van der Waals surface area contributed by atoms with Crippen LogP contribution in [0.25, 0.3) is 50.3 Å². The van der Waals surface area contributed by atoms with Gasteiger partial charge in [-0.25, -0.2) is 9.97 Å². The van der Waals surface area contributed by atoms with Gasteiger partial charge >= 0.3 is 40.8 Å². The van der Waals surface area contributed by atoms with Crippen LogP contribution in [0.5, 0.6) is 23.0 Å². The molecule has 0 spiro atoms. The van der Waals surface area contributed by atoms with E-state index in [1.807, 2.05) is 91.2 Å². The van der Waals surface area contributed by atoms with Crippen LogP contribution in [0.1, 0.15) is 11.1 Å². The number of ether oxygens (including phenoxy) is 2. The normalized spacial score (nSPS) is 10.7. The van der Waals surface area contributed by atoms with E-state index in [4.69, 9.17) is 9.47 Å². The first-order chi connectivity index (χ1) is 23.1. The van der Waals surface area contributed by atoms with Crippen LogP contribution in [-0.4, -0.2) is 24.5 Å². The molecule has 0 aliphatic heterocycles. The third kappa shape index (κ3) is 6.81. The van der Waals surface area contributed by atoms with Crippen LogP contribution in [0, 0.1) is 38.1 Å². The summed E-state index contributed by atoms with van der Waals surface area (Å²) in [6.45, 7) is 4.02. The smallest absolute Gasteiger partial charge is 0.503 e. The fourth-order valence-electron chi connectivity index (χ4n) is 5.52. The van der Waals surface area contributed by atoms with Crippen LogP contribution in [0.15, 0.2) is 116 Å². The van der Waals surface area contributed by atoms with E-state index in [1.54, 1.807) is 30.9 Å². The summed E-state index contributed by atoms with van der Waals surface area (Å²) in [7, 11) is 0. The van der Waals surface area contributed by atoms with E-state index < -0.39 is 0 Å². The number of pyridine rings is 2. The molecule has 0 radical (unpaired) electrons. The van der Waals surface area contributed by atoms with E-state index in [1.165, 1.54) is 0 Å². The minimum Gasteiger partial charge on any atom is -0.503 e. The molecule has 0 bridgehead atoms. The SMILES string of the molecule is Cc1cc2c3cc(C)c(Oc4[c-]c(-c5ccccn5)ccc4)[c-]c3n(-c3ncccn3)c2[c-]c1Oc1[c-]c(-c2ccccn2)ccc1.[Pd+2].[Pd+2]. The maximum Gasteiger partial charge on any atom is 2.00 e. The summed E-state index contributed by atoms with van der Waals surface area (Å²) in [5.41, 5.74) is 6.67. The van der Waals surface area contributed by atoms with Gasteiger partial charge in [-0.05, 0) is 29.6 Å². The molecule has 0 unspecified atom stereocenters. The standard InChI is InChI=1S/C40H25N5O2.2Pd/c1-26-20-32-33-21-27(2)39(47-31-13-8-11-29(23-31)35-15-4-6-17-42-35)25-37(33)45(40-43-18-9-19-44-40)36(32)24-38(26)46-30-12-7-10-28(22-30)34-14-3-5-16-41-34;;/h3-21H,1-2H3;;/q-4;2*+2. The molecule has 242 valence electrons. The van der Waals surface area contributed by atoms with Gasteiger partial charge in [-0.1, -0.05) is 61.3 Å². The van der Waals surface area contributed by atoms with Crippen LogP contribution in [-0.2, 0) is 40.8 Å². The molecule has 8 aromatic rings. The molecule has 4 aromatic carbocycles. The largest absolute Gasteiger partial charge is 2.00 e. The van der Waals surface area contributed by atoms with Crippen molar-refractivity contribution in [2.24, 2.45) is 0 Å². The zero-order valence-corrected chi connectivity index (χ0v) is 29.3. The Labute approximate surface area is 311 Å². The van der Waals surface area contributed by atoms with Crippen LogP contribution < -0.4 is 9.47 Å².